The lowest BCUT2D eigenvalue weighted by atomic mass is 10.0. The molecule has 0 spiro atoms. The number of aliphatic hydroxyl groups is 2. The molecule has 1 saturated heterocycles. The second-order valence-corrected chi connectivity index (χ2v) is 4.48. The first-order chi connectivity index (χ1) is 8.59. The summed E-state index contributed by atoms with van der Waals surface area (Å²) in [4.78, 5) is 17.3. The van der Waals surface area contributed by atoms with Crippen LogP contribution in [0.3, 0.4) is 0 Å². The summed E-state index contributed by atoms with van der Waals surface area (Å²) < 4.78 is 0. The minimum atomic E-state index is -1.06. The second kappa shape index (κ2) is 8.39. The Morgan fingerprint density at radius 3 is 2.50 bits per heavy atom. The van der Waals surface area contributed by atoms with Crippen LogP contribution in [0.15, 0.2) is 24.5 Å². The van der Waals surface area contributed by atoms with E-state index in [1.54, 1.807) is 12.1 Å². The number of hydrogen-bond donors (Lipinski definition) is 3. The van der Waals surface area contributed by atoms with Gasteiger partial charge < -0.3 is 20.8 Å². The van der Waals surface area contributed by atoms with E-state index in [1.807, 2.05) is 0 Å². The summed E-state index contributed by atoms with van der Waals surface area (Å²) in [5.41, 5.74) is 6.34. The zero-order valence-electron chi connectivity index (χ0n) is 10.8. The highest BCUT2D eigenvalue weighted by atomic mass is 35.5. The van der Waals surface area contributed by atoms with Gasteiger partial charge in [-0.2, -0.15) is 0 Å². The van der Waals surface area contributed by atoms with Crippen LogP contribution in [0.1, 0.15) is 18.1 Å². The lowest BCUT2D eigenvalue weighted by Gasteiger charge is -2.24. The zero-order valence-corrected chi connectivity index (χ0v) is 12.4. The Kier molecular flexibility index (Phi) is 8.00. The molecule has 114 valence electrons. The molecular formula is C12H19Cl2N3O3. The zero-order chi connectivity index (χ0) is 13.1. The highest BCUT2D eigenvalue weighted by Crippen LogP contribution is 2.18. The van der Waals surface area contributed by atoms with E-state index in [0.717, 1.165) is 0 Å². The van der Waals surface area contributed by atoms with E-state index in [2.05, 4.69) is 4.98 Å². The minimum absolute atomic E-state index is 0. The summed E-state index contributed by atoms with van der Waals surface area (Å²) in [7, 11) is 0. The lowest BCUT2D eigenvalue weighted by Crippen LogP contribution is -2.46. The predicted molar refractivity (Wildman–Crippen MR) is 78.9 cm³/mol. The summed E-state index contributed by atoms with van der Waals surface area (Å²) in [6, 6.07) is 2.23. The van der Waals surface area contributed by atoms with Crippen molar-refractivity contribution in [2.75, 3.05) is 13.1 Å². The van der Waals surface area contributed by atoms with Gasteiger partial charge in [0, 0.05) is 25.5 Å². The van der Waals surface area contributed by atoms with Gasteiger partial charge in [0.2, 0.25) is 5.91 Å². The summed E-state index contributed by atoms with van der Waals surface area (Å²) in [5, 5.41) is 19.4. The van der Waals surface area contributed by atoms with Crippen LogP contribution in [-0.2, 0) is 4.79 Å². The third-order valence-electron chi connectivity index (χ3n) is 3.15. The maximum absolute atomic E-state index is 12.0. The van der Waals surface area contributed by atoms with Crippen LogP contribution in [0.25, 0.3) is 0 Å². The average Bonchev–Trinajstić information content (AvgIpc) is 2.84. The monoisotopic (exact) mass is 323 g/mol. The first-order valence-corrected chi connectivity index (χ1v) is 5.90. The molecule has 6 nitrogen and oxygen atoms in total. The fourth-order valence-corrected chi connectivity index (χ4v) is 2.06. The van der Waals surface area contributed by atoms with Crippen LogP contribution >= 0.6 is 24.8 Å². The third-order valence-corrected chi connectivity index (χ3v) is 3.15. The SMILES string of the molecule is Cl.Cl.N[C@@H](C(=O)N1CCC(O)C1)[C@@H](O)c1ccncc1. The number of carbonyl (C=O) groups excluding carboxylic acids is 1. The molecule has 20 heavy (non-hydrogen) atoms. The van der Waals surface area contributed by atoms with Gasteiger partial charge in [0.1, 0.15) is 12.1 Å². The van der Waals surface area contributed by atoms with E-state index in [4.69, 9.17) is 5.73 Å². The van der Waals surface area contributed by atoms with E-state index >= 15 is 0 Å². The van der Waals surface area contributed by atoms with Crippen molar-refractivity contribution in [3.05, 3.63) is 30.1 Å². The number of nitrogens with zero attached hydrogens (tertiary/aromatic N) is 2. The van der Waals surface area contributed by atoms with Crippen LogP contribution in [0.4, 0.5) is 0 Å². The van der Waals surface area contributed by atoms with Gasteiger partial charge in [0.15, 0.2) is 0 Å². The first-order valence-electron chi connectivity index (χ1n) is 5.90. The summed E-state index contributed by atoms with van der Waals surface area (Å²) in [6.07, 6.45) is 2.09. The topological polar surface area (TPSA) is 99.7 Å². The lowest BCUT2D eigenvalue weighted by molar-refractivity contribution is -0.134. The van der Waals surface area contributed by atoms with Crippen molar-refractivity contribution >= 4 is 30.7 Å². The number of carbonyl (C=O) groups is 1. The third kappa shape index (κ3) is 4.29. The van der Waals surface area contributed by atoms with Gasteiger partial charge in [0.25, 0.3) is 0 Å². The van der Waals surface area contributed by atoms with Crippen LogP contribution in [0.2, 0.25) is 0 Å². The number of nitrogens with two attached hydrogens (primary N) is 1. The van der Waals surface area contributed by atoms with Crippen molar-refractivity contribution in [2.24, 2.45) is 5.73 Å². The van der Waals surface area contributed by atoms with E-state index < -0.39 is 18.2 Å². The molecule has 2 rings (SSSR count). The number of hydrogen-bond acceptors (Lipinski definition) is 5. The van der Waals surface area contributed by atoms with Crippen molar-refractivity contribution < 1.29 is 15.0 Å². The number of pyridine rings is 1. The molecule has 1 aliphatic rings. The van der Waals surface area contributed by atoms with Crippen LogP contribution < -0.4 is 5.73 Å². The molecule has 3 atom stereocenters. The number of aromatic nitrogens is 1. The summed E-state index contributed by atoms with van der Waals surface area (Å²) in [5.74, 6) is -0.337. The molecule has 1 amide bonds. The van der Waals surface area contributed by atoms with Gasteiger partial charge in [-0.15, -0.1) is 24.8 Å². The molecule has 0 saturated carbocycles. The number of likely N-dealkylation sites (tertiary alicyclic amines) is 1. The maximum Gasteiger partial charge on any atom is 0.242 e. The van der Waals surface area contributed by atoms with Crippen LogP contribution in [0, 0.1) is 0 Å². The molecule has 8 heteroatoms. The van der Waals surface area contributed by atoms with Gasteiger partial charge in [-0.05, 0) is 24.1 Å². The fourth-order valence-electron chi connectivity index (χ4n) is 2.06. The minimum Gasteiger partial charge on any atom is -0.391 e. The number of β-amino-alcohol motifs (C(OH)–C–C–N with tert-alkyl or cyclic N) is 1. The molecule has 0 bridgehead atoms. The number of halogens is 2. The summed E-state index contributed by atoms with van der Waals surface area (Å²) >= 11 is 0. The molecule has 1 aromatic heterocycles. The van der Waals surface area contributed by atoms with Crippen molar-refractivity contribution in [1.29, 1.82) is 0 Å². The largest absolute Gasteiger partial charge is 0.391 e. The molecule has 2 heterocycles. The van der Waals surface area contributed by atoms with Gasteiger partial charge in [0.05, 0.1) is 6.10 Å². The second-order valence-electron chi connectivity index (χ2n) is 4.48. The molecule has 1 fully saturated rings. The smallest absolute Gasteiger partial charge is 0.242 e. The molecule has 1 unspecified atom stereocenters. The van der Waals surface area contributed by atoms with Gasteiger partial charge >= 0.3 is 0 Å². The van der Waals surface area contributed by atoms with E-state index in [0.29, 0.717) is 18.5 Å². The fraction of sp³-hybridized carbons (Fsp3) is 0.500. The Bertz CT molecular complexity index is 422. The number of aliphatic hydroxyl groups excluding tert-OH is 2. The van der Waals surface area contributed by atoms with Crippen LogP contribution in [-0.4, -0.2) is 51.2 Å². The van der Waals surface area contributed by atoms with E-state index in [-0.39, 0.29) is 37.3 Å². The molecule has 4 N–H and O–H groups in total. The number of amides is 1. The summed E-state index contributed by atoms with van der Waals surface area (Å²) in [6.45, 7) is 0.770. The first kappa shape index (κ1) is 19.1. The predicted octanol–water partition coefficient (Wildman–Crippen LogP) is -0.121. The Morgan fingerprint density at radius 2 is 2.00 bits per heavy atom. The average molecular weight is 324 g/mol. The molecule has 1 aliphatic heterocycles. The molecule has 0 aliphatic carbocycles. The van der Waals surface area contributed by atoms with E-state index in [9.17, 15) is 15.0 Å². The quantitative estimate of drug-likeness (QED) is 0.720. The molecule has 1 aromatic rings. The maximum atomic E-state index is 12.0. The highest BCUT2D eigenvalue weighted by molar-refractivity contribution is 5.85. The molecule has 0 aromatic carbocycles. The van der Waals surface area contributed by atoms with Crippen molar-refractivity contribution in [3.63, 3.8) is 0 Å². The Hall–Kier alpha value is -0.920. The van der Waals surface area contributed by atoms with Crippen LogP contribution in [0.5, 0.6) is 0 Å². The normalized spacial score (nSPS) is 20.6. The molecule has 0 radical (unpaired) electrons. The molecular weight excluding hydrogens is 305 g/mol. The standard InChI is InChI=1S/C12H17N3O3.2ClH/c13-10(11(17)8-1-4-14-5-2-8)12(18)15-6-3-9(16)7-15;;/h1-2,4-5,9-11,16-17H,3,6-7,13H2;2*1H/t9?,10-,11+;;/m1../s1. The van der Waals surface area contributed by atoms with E-state index in [1.165, 1.54) is 17.3 Å². The van der Waals surface area contributed by atoms with Gasteiger partial charge in [-0.3, -0.25) is 9.78 Å². The van der Waals surface area contributed by atoms with Gasteiger partial charge in [-0.25, -0.2) is 0 Å². The Morgan fingerprint density at radius 1 is 1.40 bits per heavy atom. The Balaban J connectivity index is 0.00000180. The van der Waals surface area contributed by atoms with Crippen molar-refractivity contribution in [1.82, 2.24) is 9.88 Å². The highest BCUT2D eigenvalue weighted by Gasteiger charge is 2.32. The van der Waals surface area contributed by atoms with Gasteiger partial charge in [-0.1, -0.05) is 0 Å². The Labute approximate surface area is 129 Å². The van der Waals surface area contributed by atoms with Crippen molar-refractivity contribution in [2.45, 2.75) is 24.7 Å². The number of rotatable bonds is 3. The van der Waals surface area contributed by atoms with Crippen molar-refractivity contribution in [3.8, 4) is 0 Å².